The zero-order valence-electron chi connectivity index (χ0n) is 20.2. The SMILES string of the molecule is COc1ccccc1-n1c(SCC(=O)N2c3ccccc3CCc3ccccc32)nnc1-c1ccco1. The van der Waals surface area contributed by atoms with Crippen molar-refractivity contribution in [2.24, 2.45) is 0 Å². The molecule has 0 N–H and O–H groups in total. The normalized spacial score (nSPS) is 12.5. The number of fused-ring (bicyclic) bond motifs is 2. The van der Waals surface area contributed by atoms with Gasteiger partial charge in [-0.05, 0) is 60.4 Å². The number of aryl methyl sites for hydroxylation is 2. The molecule has 8 heteroatoms. The van der Waals surface area contributed by atoms with Gasteiger partial charge in [-0.2, -0.15) is 0 Å². The third-order valence-electron chi connectivity index (χ3n) is 6.40. The van der Waals surface area contributed by atoms with Crippen LogP contribution in [0.3, 0.4) is 0 Å². The number of carbonyl (C=O) groups is 1. The lowest BCUT2D eigenvalue weighted by atomic mass is 10.0. The second-order valence-electron chi connectivity index (χ2n) is 8.57. The van der Waals surface area contributed by atoms with Crippen molar-refractivity contribution in [3.63, 3.8) is 0 Å². The van der Waals surface area contributed by atoms with E-state index in [1.54, 1.807) is 19.4 Å². The van der Waals surface area contributed by atoms with Gasteiger partial charge in [0.2, 0.25) is 11.7 Å². The van der Waals surface area contributed by atoms with Crippen LogP contribution in [0.1, 0.15) is 11.1 Å². The first-order valence-electron chi connectivity index (χ1n) is 12.0. The molecule has 184 valence electrons. The Labute approximate surface area is 218 Å². The molecule has 3 aromatic carbocycles. The van der Waals surface area contributed by atoms with Gasteiger partial charge in [-0.15, -0.1) is 10.2 Å². The lowest BCUT2D eigenvalue weighted by Gasteiger charge is -2.25. The summed E-state index contributed by atoms with van der Waals surface area (Å²) in [6.07, 6.45) is 3.37. The van der Waals surface area contributed by atoms with Crippen molar-refractivity contribution in [2.45, 2.75) is 18.0 Å². The van der Waals surface area contributed by atoms with E-state index in [1.165, 1.54) is 11.8 Å². The number of hydrogen-bond acceptors (Lipinski definition) is 6. The monoisotopic (exact) mass is 508 g/mol. The molecule has 0 fully saturated rings. The summed E-state index contributed by atoms with van der Waals surface area (Å²) >= 11 is 1.34. The fraction of sp³-hybridized carbons (Fsp3) is 0.138. The molecule has 0 saturated heterocycles. The minimum Gasteiger partial charge on any atom is -0.495 e. The van der Waals surface area contributed by atoms with Gasteiger partial charge in [-0.3, -0.25) is 14.3 Å². The summed E-state index contributed by atoms with van der Waals surface area (Å²) in [5.74, 6) is 1.93. The molecule has 7 nitrogen and oxygen atoms in total. The molecule has 1 aliphatic rings. The summed E-state index contributed by atoms with van der Waals surface area (Å²) in [5, 5.41) is 9.41. The van der Waals surface area contributed by atoms with Crippen molar-refractivity contribution in [3.05, 3.63) is 102 Å². The van der Waals surface area contributed by atoms with Crippen LogP contribution in [0.4, 0.5) is 11.4 Å². The molecular formula is C29H24N4O3S. The van der Waals surface area contributed by atoms with Crippen molar-refractivity contribution < 1.29 is 13.9 Å². The van der Waals surface area contributed by atoms with Crippen LogP contribution in [0, 0.1) is 0 Å². The molecule has 1 aliphatic heterocycles. The van der Waals surface area contributed by atoms with Crippen LogP contribution in [0.15, 0.2) is 101 Å². The minimum absolute atomic E-state index is 0.0269. The fourth-order valence-corrected chi connectivity index (χ4v) is 5.49. The standard InChI is InChI=1S/C29H24N4O3S/c1-35-25-14-7-6-13-24(25)33-28(26-15-8-18-36-26)30-31-29(33)37-19-27(34)32-22-11-4-2-9-20(22)16-17-21-10-3-5-12-23(21)32/h2-15,18H,16-17,19H2,1H3. The Hall–Kier alpha value is -4.30. The van der Waals surface area contributed by atoms with Gasteiger partial charge in [-0.1, -0.05) is 60.3 Å². The molecule has 2 aromatic heterocycles. The summed E-state index contributed by atoms with van der Waals surface area (Å²) in [7, 11) is 1.63. The highest BCUT2D eigenvalue weighted by atomic mass is 32.2. The Kier molecular flexibility index (Phi) is 6.24. The molecule has 5 aromatic rings. The van der Waals surface area contributed by atoms with Crippen LogP contribution in [0.25, 0.3) is 17.3 Å². The first kappa shape index (κ1) is 23.1. The maximum absolute atomic E-state index is 13.9. The largest absolute Gasteiger partial charge is 0.495 e. The Morgan fingerprint density at radius 1 is 0.865 bits per heavy atom. The zero-order valence-corrected chi connectivity index (χ0v) is 21.0. The average molecular weight is 509 g/mol. The summed E-state index contributed by atoms with van der Waals surface area (Å²) in [6, 6.07) is 27.5. The van der Waals surface area contributed by atoms with Gasteiger partial charge in [0, 0.05) is 0 Å². The predicted octanol–water partition coefficient (Wildman–Crippen LogP) is 6.09. The maximum atomic E-state index is 13.9. The Bertz CT molecular complexity index is 1510. The predicted molar refractivity (Wildman–Crippen MR) is 144 cm³/mol. The van der Waals surface area contributed by atoms with Crippen molar-refractivity contribution in [1.29, 1.82) is 0 Å². The van der Waals surface area contributed by atoms with Gasteiger partial charge >= 0.3 is 0 Å². The molecular weight excluding hydrogens is 484 g/mol. The van der Waals surface area contributed by atoms with E-state index in [2.05, 4.69) is 22.3 Å². The number of para-hydroxylation sites is 4. The van der Waals surface area contributed by atoms with Gasteiger partial charge in [0.1, 0.15) is 5.75 Å². The first-order valence-corrected chi connectivity index (χ1v) is 13.0. The number of thioether (sulfide) groups is 1. The smallest absolute Gasteiger partial charge is 0.242 e. The summed E-state index contributed by atoms with van der Waals surface area (Å²) < 4.78 is 13.1. The second kappa shape index (κ2) is 9.99. The first-order chi connectivity index (χ1) is 18.2. The van der Waals surface area contributed by atoms with E-state index < -0.39 is 0 Å². The molecule has 6 rings (SSSR count). The maximum Gasteiger partial charge on any atom is 0.242 e. The van der Waals surface area contributed by atoms with Crippen LogP contribution in [-0.4, -0.2) is 33.5 Å². The molecule has 0 spiro atoms. The summed E-state index contributed by atoms with van der Waals surface area (Å²) in [5.41, 5.74) is 4.95. The molecule has 37 heavy (non-hydrogen) atoms. The highest BCUT2D eigenvalue weighted by Gasteiger charge is 2.27. The van der Waals surface area contributed by atoms with Crippen LogP contribution < -0.4 is 9.64 Å². The Morgan fingerprint density at radius 3 is 2.16 bits per heavy atom. The molecule has 0 bridgehead atoms. The quantitative estimate of drug-likeness (QED) is 0.258. The van der Waals surface area contributed by atoms with Crippen molar-refractivity contribution >= 4 is 29.0 Å². The summed E-state index contributed by atoms with van der Waals surface area (Å²) in [6.45, 7) is 0. The minimum atomic E-state index is -0.0269. The number of furan rings is 1. The molecule has 3 heterocycles. The van der Waals surface area contributed by atoms with E-state index >= 15 is 0 Å². The van der Waals surface area contributed by atoms with Crippen molar-refractivity contribution in [2.75, 3.05) is 17.8 Å². The van der Waals surface area contributed by atoms with Crippen molar-refractivity contribution in [3.8, 4) is 23.0 Å². The molecule has 0 saturated carbocycles. The van der Waals surface area contributed by atoms with E-state index in [-0.39, 0.29) is 11.7 Å². The van der Waals surface area contributed by atoms with Crippen molar-refractivity contribution in [1.82, 2.24) is 14.8 Å². The third-order valence-corrected chi connectivity index (χ3v) is 7.32. The highest BCUT2D eigenvalue weighted by molar-refractivity contribution is 7.99. The topological polar surface area (TPSA) is 73.4 Å². The van der Waals surface area contributed by atoms with Crippen LogP contribution in [-0.2, 0) is 17.6 Å². The van der Waals surface area contributed by atoms with E-state index in [1.807, 2.05) is 76.2 Å². The fourth-order valence-electron chi connectivity index (χ4n) is 4.70. The lowest BCUT2D eigenvalue weighted by Crippen LogP contribution is -2.28. The zero-order chi connectivity index (χ0) is 25.2. The lowest BCUT2D eigenvalue weighted by molar-refractivity contribution is -0.115. The Morgan fingerprint density at radius 2 is 1.51 bits per heavy atom. The van der Waals surface area contributed by atoms with E-state index in [4.69, 9.17) is 9.15 Å². The number of methoxy groups -OCH3 is 1. The highest BCUT2D eigenvalue weighted by Crippen LogP contribution is 2.38. The van der Waals surface area contributed by atoms with Gasteiger partial charge in [0.15, 0.2) is 10.9 Å². The molecule has 1 amide bonds. The average Bonchev–Trinajstić information content (AvgIpc) is 3.59. The number of hydrogen-bond donors (Lipinski definition) is 0. The van der Waals surface area contributed by atoms with Gasteiger partial charge in [0.25, 0.3) is 0 Å². The van der Waals surface area contributed by atoms with Crippen LogP contribution in [0.5, 0.6) is 5.75 Å². The number of rotatable bonds is 6. The van der Waals surface area contributed by atoms with Gasteiger partial charge < -0.3 is 9.15 Å². The van der Waals surface area contributed by atoms with Crippen LogP contribution in [0.2, 0.25) is 0 Å². The molecule has 0 atom stereocenters. The number of nitrogens with zero attached hydrogens (tertiary/aromatic N) is 4. The molecule has 0 aliphatic carbocycles. The molecule has 0 unspecified atom stereocenters. The third kappa shape index (κ3) is 4.29. The number of aromatic nitrogens is 3. The number of benzene rings is 3. The second-order valence-corrected chi connectivity index (χ2v) is 9.51. The number of amides is 1. The van der Waals surface area contributed by atoms with Crippen LogP contribution >= 0.6 is 11.8 Å². The number of ether oxygens (including phenoxy) is 1. The van der Waals surface area contributed by atoms with E-state index in [9.17, 15) is 4.79 Å². The van der Waals surface area contributed by atoms with E-state index in [0.29, 0.717) is 22.5 Å². The van der Waals surface area contributed by atoms with E-state index in [0.717, 1.165) is 41.0 Å². The molecule has 0 radical (unpaired) electrons. The summed E-state index contributed by atoms with van der Waals surface area (Å²) in [4.78, 5) is 15.7. The van der Waals surface area contributed by atoms with Gasteiger partial charge in [-0.25, -0.2) is 0 Å². The Balaban J connectivity index is 1.37. The number of anilines is 2. The number of carbonyl (C=O) groups excluding carboxylic acids is 1. The van der Waals surface area contributed by atoms with Gasteiger partial charge in [0.05, 0.1) is 36.2 Å².